The highest BCUT2D eigenvalue weighted by molar-refractivity contribution is 7.19. The number of pyridine rings is 1. The number of amides is 2. The fourth-order valence-corrected chi connectivity index (χ4v) is 7.31. The number of ether oxygens (including phenoxy) is 3. The summed E-state index contributed by atoms with van der Waals surface area (Å²) in [5.41, 5.74) is 8.69. The fourth-order valence-electron chi connectivity index (χ4n) is 6.31. The van der Waals surface area contributed by atoms with Gasteiger partial charge < -0.3 is 40.0 Å². The van der Waals surface area contributed by atoms with Gasteiger partial charge >= 0.3 is 12.1 Å². The Balaban J connectivity index is 1.12. The number of alkyl carbamates (subject to hydrolysis) is 1. The van der Waals surface area contributed by atoms with Gasteiger partial charge in [-0.15, -0.1) is 11.3 Å². The maximum atomic E-state index is 12.3. The Morgan fingerprint density at radius 3 is 2.58 bits per heavy atom. The molecule has 4 N–H and O–H groups in total. The predicted molar refractivity (Wildman–Crippen MR) is 197 cm³/mol. The summed E-state index contributed by atoms with van der Waals surface area (Å²) in [7, 11) is 1.28. The first kappa shape index (κ1) is 39.3. The molecule has 13 nitrogen and oxygen atoms in total. The predicted octanol–water partition coefficient (Wildman–Crippen LogP) is 5.35. The zero-order valence-electron chi connectivity index (χ0n) is 30.8. The topological polar surface area (TPSA) is 163 Å². The van der Waals surface area contributed by atoms with Gasteiger partial charge in [0.25, 0.3) is 0 Å². The standard InChI is InChI=1S/C36H57N7O6S/c1-7-8-12-28-41-30-31(32-27(39-33(30)37)22-24(2)50-32)43(28)23-25-13-17-42(18-14-25)19-21-48-20-15-29(44)38-16-10-9-11-26(34(45)47-6)40-35(46)49-36(3,4)5/h22,25-26H,7-21,23H2,1-6H3,(H2,37,39)(H,38,44)(H,40,46)/t26-/m0/s1. The summed E-state index contributed by atoms with van der Waals surface area (Å²) < 4.78 is 19.5. The number of carbonyl (C=O) groups excluding carboxylic acids is 3. The summed E-state index contributed by atoms with van der Waals surface area (Å²) in [6, 6.07) is 1.32. The number of nitrogens with two attached hydrogens (primary N) is 1. The van der Waals surface area contributed by atoms with Gasteiger partial charge in [0.1, 0.15) is 23.0 Å². The maximum absolute atomic E-state index is 12.3. The first-order valence-electron chi connectivity index (χ1n) is 18.1. The Hall–Kier alpha value is -3.49. The highest BCUT2D eigenvalue weighted by atomic mass is 32.1. The molecule has 0 unspecified atom stereocenters. The second-order valence-corrected chi connectivity index (χ2v) is 15.5. The number of aryl methyl sites for hydroxylation is 2. The van der Waals surface area contributed by atoms with Crippen molar-refractivity contribution in [1.29, 1.82) is 0 Å². The number of thiophene rings is 1. The average molecular weight is 716 g/mol. The van der Waals surface area contributed by atoms with Crippen LogP contribution in [-0.2, 0) is 36.8 Å². The number of unbranched alkanes of at least 4 members (excludes halogenated alkanes) is 2. The number of methoxy groups -OCH3 is 1. The third-order valence-electron chi connectivity index (χ3n) is 8.93. The molecule has 0 radical (unpaired) electrons. The molecule has 1 fully saturated rings. The smallest absolute Gasteiger partial charge is 0.408 e. The number of likely N-dealkylation sites (tertiary alicyclic amines) is 1. The quantitative estimate of drug-likeness (QED) is 0.116. The molecular formula is C36H57N7O6S. The van der Waals surface area contributed by atoms with Gasteiger partial charge in [-0.1, -0.05) is 13.3 Å². The molecule has 4 heterocycles. The number of hydrogen-bond donors (Lipinski definition) is 3. The molecule has 50 heavy (non-hydrogen) atoms. The van der Waals surface area contributed by atoms with Gasteiger partial charge in [-0.05, 0) is 91.3 Å². The number of carbonyl (C=O) groups is 3. The first-order chi connectivity index (χ1) is 23.9. The van der Waals surface area contributed by atoms with E-state index in [2.05, 4.69) is 45.0 Å². The molecule has 0 saturated carbocycles. The zero-order valence-corrected chi connectivity index (χ0v) is 31.6. The van der Waals surface area contributed by atoms with Crippen LogP contribution in [0, 0.1) is 12.8 Å². The number of piperidine rings is 1. The van der Waals surface area contributed by atoms with Gasteiger partial charge in [-0.25, -0.2) is 19.6 Å². The molecule has 1 aliphatic rings. The highest BCUT2D eigenvalue weighted by Crippen LogP contribution is 2.35. The maximum Gasteiger partial charge on any atom is 0.408 e. The summed E-state index contributed by atoms with van der Waals surface area (Å²) in [5, 5.41) is 5.47. The minimum Gasteiger partial charge on any atom is -0.467 e. The number of rotatable bonds is 18. The Kier molecular flexibility index (Phi) is 14.7. The van der Waals surface area contributed by atoms with Crippen LogP contribution in [0.2, 0.25) is 0 Å². The van der Waals surface area contributed by atoms with E-state index >= 15 is 0 Å². The molecule has 0 spiro atoms. The van der Waals surface area contributed by atoms with Crippen molar-refractivity contribution >= 4 is 56.4 Å². The number of anilines is 1. The zero-order chi connectivity index (χ0) is 36.3. The Morgan fingerprint density at radius 2 is 1.88 bits per heavy atom. The second kappa shape index (κ2) is 18.7. The number of aromatic nitrogens is 3. The van der Waals surface area contributed by atoms with Crippen LogP contribution in [-0.4, -0.2) is 95.6 Å². The molecular weight excluding hydrogens is 659 g/mol. The van der Waals surface area contributed by atoms with E-state index in [1.807, 2.05) is 0 Å². The number of nitrogens with one attached hydrogen (secondary N) is 2. The lowest BCUT2D eigenvalue weighted by Gasteiger charge is -2.32. The lowest BCUT2D eigenvalue weighted by Crippen LogP contribution is -2.44. The van der Waals surface area contributed by atoms with E-state index in [0.717, 1.165) is 80.7 Å². The Morgan fingerprint density at radius 1 is 1.12 bits per heavy atom. The van der Waals surface area contributed by atoms with Gasteiger partial charge in [-0.3, -0.25) is 4.79 Å². The lowest BCUT2D eigenvalue weighted by atomic mass is 9.96. The van der Waals surface area contributed by atoms with Crippen molar-refractivity contribution in [2.45, 2.75) is 111 Å². The van der Waals surface area contributed by atoms with Crippen LogP contribution in [0.4, 0.5) is 10.6 Å². The molecule has 0 aromatic carbocycles. The van der Waals surface area contributed by atoms with Gasteiger partial charge in [0, 0.05) is 37.4 Å². The van der Waals surface area contributed by atoms with E-state index in [9.17, 15) is 14.4 Å². The normalized spacial score (nSPS) is 15.0. The number of hydrogen-bond acceptors (Lipinski definition) is 11. The van der Waals surface area contributed by atoms with E-state index in [1.165, 1.54) is 16.7 Å². The van der Waals surface area contributed by atoms with Crippen molar-refractivity contribution in [2.75, 3.05) is 52.2 Å². The Labute approximate surface area is 300 Å². The lowest BCUT2D eigenvalue weighted by molar-refractivity contribution is -0.143. The monoisotopic (exact) mass is 715 g/mol. The van der Waals surface area contributed by atoms with Crippen LogP contribution < -0.4 is 16.4 Å². The highest BCUT2D eigenvalue weighted by Gasteiger charge is 2.26. The summed E-state index contributed by atoms with van der Waals surface area (Å²) in [4.78, 5) is 49.8. The molecule has 1 saturated heterocycles. The van der Waals surface area contributed by atoms with E-state index in [1.54, 1.807) is 32.1 Å². The minimum atomic E-state index is -0.801. The van der Waals surface area contributed by atoms with Crippen LogP contribution in [0.25, 0.3) is 21.3 Å². The van der Waals surface area contributed by atoms with Crippen LogP contribution >= 0.6 is 11.3 Å². The molecule has 3 aromatic heterocycles. The van der Waals surface area contributed by atoms with E-state index < -0.39 is 23.7 Å². The van der Waals surface area contributed by atoms with Crippen LogP contribution in [0.1, 0.15) is 89.8 Å². The van der Waals surface area contributed by atoms with Gasteiger partial charge in [0.15, 0.2) is 5.82 Å². The fraction of sp³-hybridized carbons (Fsp3) is 0.694. The summed E-state index contributed by atoms with van der Waals surface area (Å²) >= 11 is 1.77. The molecule has 1 atom stereocenters. The van der Waals surface area contributed by atoms with Crippen molar-refractivity contribution in [1.82, 2.24) is 30.1 Å². The van der Waals surface area contributed by atoms with E-state index in [4.69, 9.17) is 24.9 Å². The average Bonchev–Trinajstić information content (AvgIpc) is 3.61. The molecule has 14 heteroatoms. The summed E-state index contributed by atoms with van der Waals surface area (Å²) in [6.07, 6.45) is 6.67. The van der Waals surface area contributed by atoms with Gasteiger partial charge in [0.2, 0.25) is 5.91 Å². The van der Waals surface area contributed by atoms with Crippen LogP contribution in [0.15, 0.2) is 6.07 Å². The van der Waals surface area contributed by atoms with Crippen molar-refractivity contribution in [2.24, 2.45) is 5.92 Å². The summed E-state index contributed by atoms with van der Waals surface area (Å²) in [6.45, 7) is 14.9. The molecule has 1 aliphatic heterocycles. The summed E-state index contributed by atoms with van der Waals surface area (Å²) in [5.74, 6) is 1.60. The number of nitrogen functional groups attached to an aromatic ring is 1. The van der Waals surface area contributed by atoms with E-state index in [-0.39, 0.29) is 5.91 Å². The Bertz CT molecular complexity index is 1570. The third-order valence-corrected chi connectivity index (χ3v) is 9.97. The van der Waals surface area contributed by atoms with Gasteiger partial charge in [0.05, 0.1) is 36.1 Å². The molecule has 3 aromatic rings. The molecule has 0 aliphatic carbocycles. The van der Waals surface area contributed by atoms with Crippen LogP contribution in [0.3, 0.4) is 0 Å². The van der Waals surface area contributed by atoms with Crippen molar-refractivity contribution in [3.05, 3.63) is 16.8 Å². The van der Waals surface area contributed by atoms with Crippen molar-refractivity contribution in [3.63, 3.8) is 0 Å². The molecule has 2 amide bonds. The van der Waals surface area contributed by atoms with Crippen LogP contribution in [0.5, 0.6) is 0 Å². The first-order valence-corrected chi connectivity index (χ1v) is 18.9. The van der Waals surface area contributed by atoms with Crippen molar-refractivity contribution < 1.29 is 28.6 Å². The number of esters is 1. The molecule has 4 rings (SSSR count). The van der Waals surface area contributed by atoms with Crippen molar-refractivity contribution in [3.8, 4) is 0 Å². The number of fused-ring (bicyclic) bond motifs is 3. The van der Waals surface area contributed by atoms with Gasteiger partial charge in [-0.2, -0.15) is 0 Å². The largest absolute Gasteiger partial charge is 0.467 e. The van der Waals surface area contributed by atoms with E-state index in [0.29, 0.717) is 57.2 Å². The molecule has 278 valence electrons. The number of nitrogens with zero attached hydrogens (tertiary/aromatic N) is 4. The second-order valence-electron chi connectivity index (χ2n) is 14.2. The molecule has 0 bridgehead atoms. The number of imidazole rings is 1. The third kappa shape index (κ3) is 11.5. The minimum absolute atomic E-state index is 0.0694. The SMILES string of the molecule is CCCCc1nc2c(N)nc3cc(C)sc3c2n1CC1CCN(CCOCCC(=O)NCCCC[C@H](NC(=O)OC(C)(C)C)C(=O)OC)CC1.